The van der Waals surface area contributed by atoms with Gasteiger partial charge in [0.05, 0.1) is 0 Å². The Balaban J connectivity index is 0.00000225. The summed E-state index contributed by atoms with van der Waals surface area (Å²) in [6, 6.07) is 9.28. The number of amides is 1. The van der Waals surface area contributed by atoms with Crippen LogP contribution in [-0.4, -0.2) is 23.0 Å². The fraction of sp³-hybridized carbons (Fsp3) is 0.333. The number of hydrogen-bond donors (Lipinski definition) is 2. The fourth-order valence-corrected chi connectivity index (χ4v) is 2.79. The van der Waals surface area contributed by atoms with Gasteiger partial charge in [-0.15, -0.1) is 12.4 Å². The van der Waals surface area contributed by atoms with Crippen LogP contribution in [0.1, 0.15) is 36.0 Å². The van der Waals surface area contributed by atoms with E-state index in [4.69, 9.17) is 10.5 Å². The van der Waals surface area contributed by atoms with Crippen LogP contribution >= 0.6 is 12.4 Å². The minimum Gasteiger partial charge on any atom is -0.438 e. The largest absolute Gasteiger partial charge is 0.438 e. The number of rotatable bonds is 4. The maximum atomic E-state index is 13.0. The van der Waals surface area contributed by atoms with E-state index in [-0.39, 0.29) is 42.1 Å². The molecule has 0 spiro atoms. The Morgan fingerprint density at radius 3 is 2.52 bits per heavy atom. The lowest BCUT2D eigenvalue weighted by molar-refractivity contribution is 0.0923. The van der Waals surface area contributed by atoms with E-state index in [1.807, 2.05) is 0 Å². The van der Waals surface area contributed by atoms with Crippen molar-refractivity contribution in [1.29, 1.82) is 0 Å². The number of pyridine rings is 1. The van der Waals surface area contributed by atoms with E-state index in [2.05, 4.69) is 10.3 Å². The summed E-state index contributed by atoms with van der Waals surface area (Å²) in [4.78, 5) is 16.7. The zero-order chi connectivity index (χ0) is 16.9. The molecule has 1 aromatic carbocycles. The number of carbonyl (C=O) groups is 1. The smallest absolute Gasteiger partial charge is 0.257 e. The van der Waals surface area contributed by atoms with E-state index in [1.165, 1.54) is 24.3 Å². The second-order valence-electron chi connectivity index (χ2n) is 6.00. The van der Waals surface area contributed by atoms with Crippen molar-refractivity contribution in [2.24, 2.45) is 5.73 Å². The van der Waals surface area contributed by atoms with E-state index in [0.717, 1.165) is 25.7 Å². The van der Waals surface area contributed by atoms with Gasteiger partial charge in [0.1, 0.15) is 17.1 Å². The van der Waals surface area contributed by atoms with Gasteiger partial charge in [0, 0.05) is 18.3 Å². The molecule has 0 saturated heterocycles. The molecule has 1 fully saturated rings. The maximum Gasteiger partial charge on any atom is 0.257 e. The van der Waals surface area contributed by atoms with Crippen LogP contribution in [0.15, 0.2) is 42.6 Å². The number of nitrogens with one attached hydrogen (secondary N) is 1. The maximum absolute atomic E-state index is 13.0. The zero-order valence-corrected chi connectivity index (χ0v) is 14.5. The van der Waals surface area contributed by atoms with E-state index < -0.39 is 0 Å². The SMILES string of the molecule is Cl.NC1CCC(NC(=O)c2cccnc2Oc2ccc(F)cc2)CC1. The molecule has 0 bridgehead atoms. The summed E-state index contributed by atoms with van der Waals surface area (Å²) in [5, 5.41) is 3.02. The molecule has 1 heterocycles. The minimum absolute atomic E-state index is 0. The van der Waals surface area contributed by atoms with Gasteiger partial charge in [0.25, 0.3) is 5.91 Å². The molecule has 134 valence electrons. The van der Waals surface area contributed by atoms with Crippen molar-refractivity contribution in [3.8, 4) is 11.6 Å². The molecule has 0 atom stereocenters. The molecule has 1 aliphatic rings. The molecule has 7 heteroatoms. The van der Waals surface area contributed by atoms with Gasteiger partial charge in [0.2, 0.25) is 5.88 Å². The third kappa shape index (κ3) is 5.14. The molecule has 1 amide bonds. The van der Waals surface area contributed by atoms with Gasteiger partial charge in [0.15, 0.2) is 0 Å². The highest BCUT2D eigenvalue weighted by Gasteiger charge is 2.22. The Bertz CT molecular complexity index is 704. The van der Waals surface area contributed by atoms with Crippen LogP contribution in [0.5, 0.6) is 11.6 Å². The van der Waals surface area contributed by atoms with Crippen molar-refractivity contribution in [2.45, 2.75) is 37.8 Å². The summed E-state index contributed by atoms with van der Waals surface area (Å²) in [7, 11) is 0. The molecule has 3 rings (SSSR count). The Morgan fingerprint density at radius 1 is 1.16 bits per heavy atom. The first-order valence-corrected chi connectivity index (χ1v) is 8.06. The average Bonchev–Trinajstić information content (AvgIpc) is 2.59. The van der Waals surface area contributed by atoms with E-state index in [9.17, 15) is 9.18 Å². The molecule has 1 aliphatic carbocycles. The highest BCUT2D eigenvalue weighted by atomic mass is 35.5. The number of aromatic nitrogens is 1. The first-order chi connectivity index (χ1) is 11.6. The summed E-state index contributed by atoms with van der Waals surface area (Å²) in [6.07, 6.45) is 5.13. The first-order valence-electron chi connectivity index (χ1n) is 8.06. The van der Waals surface area contributed by atoms with Gasteiger partial charge in [-0.05, 0) is 62.1 Å². The Kier molecular flexibility index (Phi) is 6.73. The predicted octanol–water partition coefficient (Wildman–Crippen LogP) is 3.43. The Labute approximate surface area is 152 Å². The summed E-state index contributed by atoms with van der Waals surface area (Å²) in [5.74, 6) is 0.0550. The van der Waals surface area contributed by atoms with Crippen LogP contribution in [0.25, 0.3) is 0 Å². The van der Waals surface area contributed by atoms with Gasteiger partial charge < -0.3 is 15.8 Å². The second-order valence-corrected chi connectivity index (χ2v) is 6.00. The lowest BCUT2D eigenvalue weighted by atomic mass is 9.91. The normalized spacial score (nSPS) is 19.6. The summed E-state index contributed by atoms with van der Waals surface area (Å²) in [6.45, 7) is 0. The predicted molar refractivity (Wildman–Crippen MR) is 95.7 cm³/mol. The minimum atomic E-state index is -0.350. The van der Waals surface area contributed by atoms with Crippen LogP contribution in [0.3, 0.4) is 0 Å². The molecule has 5 nitrogen and oxygen atoms in total. The number of hydrogen-bond acceptors (Lipinski definition) is 4. The molecule has 0 aliphatic heterocycles. The van der Waals surface area contributed by atoms with Crippen molar-refractivity contribution >= 4 is 18.3 Å². The van der Waals surface area contributed by atoms with Crippen LogP contribution in [0, 0.1) is 5.82 Å². The van der Waals surface area contributed by atoms with Crippen LogP contribution in [0.2, 0.25) is 0 Å². The third-order valence-corrected chi connectivity index (χ3v) is 4.15. The average molecular weight is 366 g/mol. The second kappa shape index (κ2) is 8.78. The van der Waals surface area contributed by atoms with Gasteiger partial charge in [-0.3, -0.25) is 4.79 Å². The lowest BCUT2D eigenvalue weighted by Gasteiger charge is -2.26. The third-order valence-electron chi connectivity index (χ3n) is 4.15. The van der Waals surface area contributed by atoms with Gasteiger partial charge in [-0.25, -0.2) is 9.37 Å². The first kappa shape index (κ1) is 19.1. The fourth-order valence-electron chi connectivity index (χ4n) is 2.79. The number of ether oxygens (including phenoxy) is 1. The highest BCUT2D eigenvalue weighted by Crippen LogP contribution is 2.24. The van der Waals surface area contributed by atoms with Crippen molar-refractivity contribution in [1.82, 2.24) is 10.3 Å². The van der Waals surface area contributed by atoms with E-state index in [1.54, 1.807) is 18.3 Å². The summed E-state index contributed by atoms with van der Waals surface area (Å²) in [5.41, 5.74) is 6.25. The number of halogens is 2. The molecule has 1 saturated carbocycles. The van der Waals surface area contributed by atoms with Crippen LogP contribution in [0.4, 0.5) is 4.39 Å². The summed E-state index contributed by atoms with van der Waals surface area (Å²) < 4.78 is 18.6. The van der Waals surface area contributed by atoms with Crippen LogP contribution in [-0.2, 0) is 0 Å². The number of nitrogens with zero attached hydrogens (tertiary/aromatic N) is 1. The quantitative estimate of drug-likeness (QED) is 0.870. The van der Waals surface area contributed by atoms with Crippen molar-refractivity contribution in [2.75, 3.05) is 0 Å². The van der Waals surface area contributed by atoms with Crippen LogP contribution < -0.4 is 15.8 Å². The van der Waals surface area contributed by atoms with Gasteiger partial charge in [-0.2, -0.15) is 0 Å². The molecule has 3 N–H and O–H groups in total. The highest BCUT2D eigenvalue weighted by molar-refractivity contribution is 5.96. The van der Waals surface area contributed by atoms with E-state index in [0.29, 0.717) is 11.3 Å². The zero-order valence-electron chi connectivity index (χ0n) is 13.7. The molecule has 0 unspecified atom stereocenters. The molecule has 1 aromatic heterocycles. The van der Waals surface area contributed by atoms with Gasteiger partial charge in [-0.1, -0.05) is 0 Å². The molecule has 25 heavy (non-hydrogen) atoms. The van der Waals surface area contributed by atoms with Crippen molar-refractivity contribution < 1.29 is 13.9 Å². The molecule has 0 radical (unpaired) electrons. The van der Waals surface area contributed by atoms with Crippen molar-refractivity contribution in [3.63, 3.8) is 0 Å². The monoisotopic (exact) mass is 365 g/mol. The Hall–Kier alpha value is -2.18. The van der Waals surface area contributed by atoms with E-state index >= 15 is 0 Å². The van der Waals surface area contributed by atoms with Crippen molar-refractivity contribution in [3.05, 3.63) is 54.0 Å². The number of carbonyl (C=O) groups excluding carboxylic acids is 1. The number of nitrogens with two attached hydrogens (primary N) is 1. The topological polar surface area (TPSA) is 77.2 Å². The Morgan fingerprint density at radius 2 is 1.84 bits per heavy atom. The van der Waals surface area contributed by atoms with Gasteiger partial charge >= 0.3 is 0 Å². The molecular weight excluding hydrogens is 345 g/mol. The number of benzene rings is 1. The standard InChI is InChI=1S/C18H20FN3O2.ClH/c19-12-3-9-15(10-4-12)24-18-16(2-1-11-21-18)17(23)22-14-7-5-13(20)6-8-14;/h1-4,9-11,13-14H,5-8,20H2,(H,22,23);1H. The summed E-state index contributed by atoms with van der Waals surface area (Å²) >= 11 is 0. The molecule has 2 aromatic rings. The molecular formula is C18H21ClFN3O2. The lowest BCUT2D eigenvalue weighted by Crippen LogP contribution is -2.40.